The first-order valence-corrected chi connectivity index (χ1v) is 4.94. The smallest absolute Gasteiger partial charge is 0.163 e. The van der Waals surface area contributed by atoms with Gasteiger partial charge in [0, 0.05) is 18.4 Å². The highest BCUT2D eigenvalue weighted by Gasteiger charge is 2.10. The largest absolute Gasteiger partial charge is 0.504 e. The topological polar surface area (TPSA) is 63.6 Å². The monoisotopic (exact) mass is 222 g/mol. The summed E-state index contributed by atoms with van der Waals surface area (Å²) in [6.07, 6.45) is 0.422. The quantitative estimate of drug-likeness (QED) is 0.773. The molecule has 0 aromatic heterocycles. The van der Waals surface area contributed by atoms with Gasteiger partial charge in [0.15, 0.2) is 17.3 Å². The molecule has 0 spiro atoms. The summed E-state index contributed by atoms with van der Waals surface area (Å²) in [6.45, 7) is 1.45. The van der Waals surface area contributed by atoms with Crippen molar-refractivity contribution < 1.29 is 19.4 Å². The summed E-state index contributed by atoms with van der Waals surface area (Å²) in [5.41, 5.74) is 0.441. The number of carbonyl (C=O) groups excluding carboxylic acids is 2. The van der Waals surface area contributed by atoms with Crippen LogP contribution in [-0.2, 0) is 4.79 Å². The molecule has 16 heavy (non-hydrogen) atoms. The van der Waals surface area contributed by atoms with Crippen molar-refractivity contribution in [3.8, 4) is 11.5 Å². The third-order valence-corrected chi connectivity index (χ3v) is 2.21. The summed E-state index contributed by atoms with van der Waals surface area (Å²) in [6, 6.07) is 4.39. The molecule has 0 saturated carbocycles. The summed E-state index contributed by atoms with van der Waals surface area (Å²) >= 11 is 0. The lowest BCUT2D eigenvalue weighted by Gasteiger charge is -2.05. The van der Waals surface area contributed by atoms with Gasteiger partial charge in [-0.3, -0.25) is 4.79 Å². The van der Waals surface area contributed by atoms with Gasteiger partial charge < -0.3 is 14.6 Å². The van der Waals surface area contributed by atoms with E-state index >= 15 is 0 Å². The predicted octanol–water partition coefficient (Wildman–Crippen LogP) is 1.95. The zero-order valence-corrected chi connectivity index (χ0v) is 9.32. The van der Waals surface area contributed by atoms with Crippen LogP contribution in [0.1, 0.15) is 30.1 Å². The minimum Gasteiger partial charge on any atom is -0.504 e. The summed E-state index contributed by atoms with van der Waals surface area (Å²) in [7, 11) is 1.42. The van der Waals surface area contributed by atoms with E-state index in [2.05, 4.69) is 0 Å². The molecule has 0 aliphatic heterocycles. The van der Waals surface area contributed by atoms with Gasteiger partial charge in [-0.15, -0.1) is 0 Å². The van der Waals surface area contributed by atoms with Gasteiger partial charge in [-0.25, -0.2) is 0 Å². The van der Waals surface area contributed by atoms with E-state index in [0.717, 1.165) is 0 Å². The van der Waals surface area contributed by atoms with Gasteiger partial charge in [0.05, 0.1) is 7.11 Å². The van der Waals surface area contributed by atoms with Crippen LogP contribution < -0.4 is 4.74 Å². The molecule has 0 heterocycles. The average molecular weight is 222 g/mol. The van der Waals surface area contributed by atoms with Crippen LogP contribution in [0.3, 0.4) is 0 Å². The van der Waals surface area contributed by atoms with E-state index in [1.807, 2.05) is 0 Å². The van der Waals surface area contributed by atoms with Crippen LogP contribution in [0.2, 0.25) is 0 Å². The van der Waals surface area contributed by atoms with E-state index < -0.39 is 0 Å². The van der Waals surface area contributed by atoms with Gasteiger partial charge in [-0.05, 0) is 25.1 Å². The number of hydrogen-bond donors (Lipinski definition) is 1. The number of phenolic OH excluding ortho intramolecular Hbond substituents is 1. The third-order valence-electron chi connectivity index (χ3n) is 2.21. The summed E-state index contributed by atoms with van der Waals surface area (Å²) in [5.74, 6) is 0.104. The second kappa shape index (κ2) is 5.30. The van der Waals surface area contributed by atoms with Gasteiger partial charge in [0.1, 0.15) is 5.78 Å². The van der Waals surface area contributed by atoms with Crippen molar-refractivity contribution in [3.05, 3.63) is 23.8 Å². The van der Waals surface area contributed by atoms with E-state index in [4.69, 9.17) is 4.74 Å². The van der Waals surface area contributed by atoms with Gasteiger partial charge in [0.25, 0.3) is 0 Å². The number of rotatable bonds is 5. The number of phenols is 1. The fourth-order valence-electron chi connectivity index (χ4n) is 1.28. The van der Waals surface area contributed by atoms with Crippen LogP contribution in [0.25, 0.3) is 0 Å². The molecule has 0 saturated heterocycles. The standard InChI is InChI=1S/C12H14O4/c1-8(13)3-5-10(14)9-4-6-11(15)12(7-9)16-2/h4,6-7,15H,3,5H2,1-2H3. The molecule has 0 bridgehead atoms. The van der Waals surface area contributed by atoms with Crippen molar-refractivity contribution in [2.24, 2.45) is 0 Å². The van der Waals surface area contributed by atoms with E-state index in [1.165, 1.54) is 32.2 Å². The lowest BCUT2D eigenvalue weighted by molar-refractivity contribution is -0.116. The van der Waals surface area contributed by atoms with E-state index in [1.54, 1.807) is 0 Å². The van der Waals surface area contributed by atoms with Crippen molar-refractivity contribution in [2.45, 2.75) is 19.8 Å². The van der Waals surface area contributed by atoms with Gasteiger partial charge in [0.2, 0.25) is 0 Å². The Morgan fingerprint density at radius 2 is 2.00 bits per heavy atom. The van der Waals surface area contributed by atoms with Crippen molar-refractivity contribution in [1.29, 1.82) is 0 Å². The van der Waals surface area contributed by atoms with Gasteiger partial charge >= 0.3 is 0 Å². The molecule has 0 radical (unpaired) electrons. The molecule has 0 aliphatic rings. The van der Waals surface area contributed by atoms with Crippen molar-refractivity contribution >= 4 is 11.6 Å². The SMILES string of the molecule is COc1cc(C(=O)CCC(C)=O)ccc1O. The fourth-order valence-corrected chi connectivity index (χ4v) is 1.28. The molecule has 1 N–H and O–H groups in total. The molecule has 0 amide bonds. The molecular formula is C12H14O4. The first-order chi connectivity index (χ1) is 7.54. The Bertz CT molecular complexity index is 409. The van der Waals surface area contributed by atoms with Gasteiger partial charge in [-0.1, -0.05) is 0 Å². The first-order valence-electron chi connectivity index (χ1n) is 4.94. The molecule has 0 fully saturated rings. The Hall–Kier alpha value is -1.84. The van der Waals surface area contributed by atoms with Crippen molar-refractivity contribution in [3.63, 3.8) is 0 Å². The zero-order valence-electron chi connectivity index (χ0n) is 9.32. The Morgan fingerprint density at radius 3 is 2.56 bits per heavy atom. The molecule has 4 heteroatoms. The number of Topliss-reactive ketones (excluding diaryl/α,β-unsaturated/α-hetero) is 2. The Balaban J connectivity index is 2.80. The zero-order chi connectivity index (χ0) is 12.1. The Morgan fingerprint density at radius 1 is 1.31 bits per heavy atom. The first kappa shape index (κ1) is 12.2. The molecule has 0 atom stereocenters. The predicted molar refractivity (Wildman–Crippen MR) is 58.9 cm³/mol. The number of methoxy groups -OCH3 is 1. The number of benzene rings is 1. The fraction of sp³-hybridized carbons (Fsp3) is 0.333. The molecule has 0 unspecified atom stereocenters. The van der Waals surface area contributed by atoms with E-state index in [9.17, 15) is 14.7 Å². The van der Waals surface area contributed by atoms with Crippen LogP contribution in [0.5, 0.6) is 11.5 Å². The molecule has 1 aromatic carbocycles. The van der Waals surface area contributed by atoms with E-state index in [-0.39, 0.29) is 35.9 Å². The summed E-state index contributed by atoms with van der Waals surface area (Å²) in [5, 5.41) is 9.34. The number of hydrogen-bond acceptors (Lipinski definition) is 4. The maximum Gasteiger partial charge on any atom is 0.163 e. The molecule has 1 rings (SSSR count). The lowest BCUT2D eigenvalue weighted by atomic mass is 10.0. The average Bonchev–Trinajstić information content (AvgIpc) is 2.26. The van der Waals surface area contributed by atoms with Crippen LogP contribution in [0, 0.1) is 0 Å². The second-order valence-electron chi connectivity index (χ2n) is 3.51. The van der Waals surface area contributed by atoms with Gasteiger partial charge in [-0.2, -0.15) is 0 Å². The summed E-state index contributed by atoms with van der Waals surface area (Å²) < 4.78 is 4.89. The van der Waals surface area contributed by atoms with E-state index in [0.29, 0.717) is 5.56 Å². The molecule has 4 nitrogen and oxygen atoms in total. The minimum absolute atomic E-state index is 0.00869. The third kappa shape index (κ3) is 3.08. The van der Waals surface area contributed by atoms with Crippen LogP contribution in [-0.4, -0.2) is 23.8 Å². The number of carbonyl (C=O) groups is 2. The minimum atomic E-state index is -0.131. The molecular weight excluding hydrogens is 208 g/mol. The molecule has 86 valence electrons. The Labute approximate surface area is 93.9 Å². The van der Waals surface area contributed by atoms with Crippen LogP contribution in [0.4, 0.5) is 0 Å². The van der Waals surface area contributed by atoms with Crippen LogP contribution in [0.15, 0.2) is 18.2 Å². The van der Waals surface area contributed by atoms with Crippen LogP contribution >= 0.6 is 0 Å². The summed E-state index contributed by atoms with van der Waals surface area (Å²) in [4.78, 5) is 22.4. The van der Waals surface area contributed by atoms with Crippen molar-refractivity contribution in [1.82, 2.24) is 0 Å². The maximum atomic E-state index is 11.6. The number of aromatic hydroxyl groups is 1. The number of ether oxygens (including phenoxy) is 1. The Kier molecular flexibility index (Phi) is 4.05. The highest BCUT2D eigenvalue weighted by atomic mass is 16.5. The molecule has 1 aromatic rings. The second-order valence-corrected chi connectivity index (χ2v) is 3.51. The highest BCUT2D eigenvalue weighted by molar-refractivity contribution is 5.98. The highest BCUT2D eigenvalue weighted by Crippen LogP contribution is 2.26. The van der Waals surface area contributed by atoms with Crippen molar-refractivity contribution in [2.75, 3.05) is 7.11 Å². The lowest BCUT2D eigenvalue weighted by Crippen LogP contribution is -2.02. The molecule has 0 aliphatic carbocycles. The maximum absolute atomic E-state index is 11.6. The number of ketones is 2. The normalized spacial score (nSPS) is 9.88.